The second-order valence-electron chi connectivity index (χ2n) is 11.5. The van der Waals surface area contributed by atoms with Crippen LogP contribution >= 0.6 is 0 Å². The summed E-state index contributed by atoms with van der Waals surface area (Å²) in [5, 5.41) is 6.56. The number of amides is 4. The smallest absolute Gasteiger partial charge is 0.332 e. The third kappa shape index (κ3) is 6.08. The van der Waals surface area contributed by atoms with Crippen molar-refractivity contribution < 1.29 is 14.4 Å². The van der Waals surface area contributed by atoms with Crippen molar-refractivity contribution in [2.45, 2.75) is 51.5 Å². The molecule has 43 heavy (non-hydrogen) atoms. The van der Waals surface area contributed by atoms with Gasteiger partial charge in [-0.1, -0.05) is 79.7 Å². The van der Waals surface area contributed by atoms with Gasteiger partial charge in [0, 0.05) is 38.4 Å². The fourth-order valence-corrected chi connectivity index (χ4v) is 6.51. The molecular formula is C34H40N6O3. The Bertz CT molecular complexity index is 1430. The summed E-state index contributed by atoms with van der Waals surface area (Å²) in [4.78, 5) is 47.4. The van der Waals surface area contributed by atoms with Gasteiger partial charge in [-0.2, -0.15) is 5.01 Å². The summed E-state index contributed by atoms with van der Waals surface area (Å²) in [5.41, 5.74) is 4.02. The summed E-state index contributed by atoms with van der Waals surface area (Å²) in [6.45, 7) is 5.76. The molecule has 3 saturated heterocycles. The number of nitrogens with one attached hydrogen (secondary N) is 1. The Morgan fingerprint density at radius 2 is 1.60 bits per heavy atom. The first-order chi connectivity index (χ1) is 21.0. The lowest BCUT2D eigenvalue weighted by atomic mass is 10.00. The van der Waals surface area contributed by atoms with Crippen molar-refractivity contribution in [3.63, 3.8) is 0 Å². The highest BCUT2D eigenvalue weighted by molar-refractivity contribution is 5.92. The molecule has 3 heterocycles. The quantitative estimate of drug-likeness (QED) is 0.407. The molecule has 0 bridgehead atoms. The number of hydrazine groups is 1. The Morgan fingerprint density at radius 3 is 2.33 bits per heavy atom. The molecule has 9 nitrogen and oxygen atoms in total. The molecule has 6 rings (SSSR count). The number of carbonyl (C=O) groups excluding carboxylic acids is 3. The van der Waals surface area contributed by atoms with Crippen LogP contribution in [0.15, 0.2) is 84.9 Å². The molecule has 3 fully saturated rings. The Morgan fingerprint density at radius 1 is 0.907 bits per heavy atom. The highest BCUT2D eigenvalue weighted by atomic mass is 16.2. The van der Waals surface area contributed by atoms with E-state index in [-0.39, 0.29) is 24.4 Å². The van der Waals surface area contributed by atoms with E-state index >= 15 is 0 Å². The molecule has 2 atom stereocenters. The second-order valence-corrected chi connectivity index (χ2v) is 11.5. The molecular weight excluding hydrogens is 540 g/mol. The molecule has 0 radical (unpaired) electrons. The number of rotatable bonds is 9. The van der Waals surface area contributed by atoms with Crippen LogP contribution in [0.5, 0.6) is 0 Å². The van der Waals surface area contributed by atoms with Gasteiger partial charge in [-0.15, -0.1) is 0 Å². The molecule has 4 amide bonds. The van der Waals surface area contributed by atoms with Crippen molar-refractivity contribution in [2.24, 2.45) is 0 Å². The van der Waals surface area contributed by atoms with Crippen LogP contribution in [0.2, 0.25) is 0 Å². The van der Waals surface area contributed by atoms with Crippen LogP contribution in [0.25, 0.3) is 0 Å². The number of anilines is 1. The Balaban J connectivity index is 1.28. The van der Waals surface area contributed by atoms with Crippen LogP contribution in [-0.4, -0.2) is 76.6 Å². The number of fused-ring (bicyclic) bond motifs is 1. The van der Waals surface area contributed by atoms with Crippen molar-refractivity contribution in [1.29, 1.82) is 0 Å². The van der Waals surface area contributed by atoms with Crippen LogP contribution in [0.4, 0.5) is 10.5 Å². The molecule has 9 heteroatoms. The second kappa shape index (κ2) is 12.9. The molecule has 3 aliphatic rings. The summed E-state index contributed by atoms with van der Waals surface area (Å²) < 4.78 is 0. The van der Waals surface area contributed by atoms with E-state index in [1.54, 1.807) is 9.91 Å². The SMILES string of the molecule is CCCN(C(=O)NCc1ccccc1)N1CC(=O)N2[C@@H](c3ccccc3)C(=O)N(Cc3cccc(N4CCCC4)c3)C[C@@H]21. The largest absolute Gasteiger partial charge is 0.372 e. The third-order valence-electron chi connectivity index (χ3n) is 8.59. The van der Waals surface area contributed by atoms with E-state index in [4.69, 9.17) is 0 Å². The standard InChI is InChI=1S/C34H40N6O3/c1-2-18-38(34(43)35-22-26-12-5-3-6-13-26)39-25-31(41)40-30(39)24-37(33(42)32(40)28-15-7-4-8-16-28)23-27-14-11-17-29(21-27)36-19-9-10-20-36/h3-8,11-17,21,30,32H,2,9-10,18-20,22-25H2,1H3,(H,35,43)/t30-,32+/m1/s1. The third-order valence-corrected chi connectivity index (χ3v) is 8.59. The number of piperazine rings is 1. The van der Waals surface area contributed by atoms with Crippen LogP contribution in [0.3, 0.4) is 0 Å². The first-order valence-electron chi connectivity index (χ1n) is 15.4. The number of benzene rings is 3. The summed E-state index contributed by atoms with van der Waals surface area (Å²) in [7, 11) is 0. The number of hydrogen-bond donors (Lipinski definition) is 1. The molecule has 3 aromatic carbocycles. The Hall–Kier alpha value is -4.37. The van der Waals surface area contributed by atoms with Crippen molar-refractivity contribution in [2.75, 3.05) is 37.6 Å². The van der Waals surface area contributed by atoms with Crippen molar-refractivity contribution in [3.05, 3.63) is 102 Å². The minimum atomic E-state index is -0.755. The Labute approximate surface area is 253 Å². The molecule has 0 spiro atoms. The van der Waals surface area contributed by atoms with Gasteiger partial charge in [0.1, 0.15) is 12.2 Å². The normalized spacial score (nSPS) is 20.4. The highest BCUT2D eigenvalue weighted by Gasteiger charge is 2.52. The van der Waals surface area contributed by atoms with Gasteiger partial charge in [0.2, 0.25) is 5.91 Å². The van der Waals surface area contributed by atoms with E-state index in [2.05, 4.69) is 34.5 Å². The van der Waals surface area contributed by atoms with Crippen LogP contribution < -0.4 is 10.2 Å². The summed E-state index contributed by atoms with van der Waals surface area (Å²) >= 11 is 0. The number of nitrogens with zero attached hydrogens (tertiary/aromatic N) is 5. The van der Waals surface area contributed by atoms with Gasteiger partial charge in [0.15, 0.2) is 0 Å². The first-order valence-corrected chi connectivity index (χ1v) is 15.4. The van der Waals surface area contributed by atoms with Gasteiger partial charge in [-0.3, -0.25) is 14.6 Å². The Kier molecular flexibility index (Phi) is 8.60. The maximum atomic E-state index is 14.2. The summed E-state index contributed by atoms with van der Waals surface area (Å²) in [6.07, 6.45) is 2.65. The lowest BCUT2D eigenvalue weighted by Gasteiger charge is -2.46. The maximum Gasteiger partial charge on any atom is 0.332 e. The molecule has 3 aromatic rings. The molecule has 224 valence electrons. The monoisotopic (exact) mass is 580 g/mol. The molecule has 3 aliphatic heterocycles. The van der Waals surface area contributed by atoms with Crippen molar-refractivity contribution in [1.82, 2.24) is 25.1 Å². The lowest BCUT2D eigenvalue weighted by molar-refractivity contribution is -0.158. The van der Waals surface area contributed by atoms with Gasteiger partial charge in [-0.25, -0.2) is 4.79 Å². The molecule has 0 saturated carbocycles. The predicted molar refractivity (Wildman–Crippen MR) is 166 cm³/mol. The van der Waals surface area contributed by atoms with E-state index in [1.807, 2.05) is 77.5 Å². The van der Waals surface area contributed by atoms with Crippen molar-refractivity contribution in [3.8, 4) is 0 Å². The van der Waals surface area contributed by atoms with Gasteiger partial charge < -0.3 is 20.0 Å². The minimum Gasteiger partial charge on any atom is -0.372 e. The number of urea groups is 1. The zero-order chi connectivity index (χ0) is 29.8. The van der Waals surface area contributed by atoms with E-state index in [1.165, 1.54) is 18.5 Å². The van der Waals surface area contributed by atoms with Gasteiger partial charge in [-0.05, 0) is 48.1 Å². The molecule has 0 aliphatic carbocycles. The van der Waals surface area contributed by atoms with E-state index < -0.39 is 12.2 Å². The zero-order valence-corrected chi connectivity index (χ0v) is 24.8. The fraction of sp³-hybridized carbons (Fsp3) is 0.382. The zero-order valence-electron chi connectivity index (χ0n) is 24.8. The average molecular weight is 581 g/mol. The van der Waals surface area contributed by atoms with Gasteiger partial charge in [0.05, 0.1) is 13.1 Å². The number of hydrogen-bond acceptors (Lipinski definition) is 5. The van der Waals surface area contributed by atoms with E-state index in [0.29, 0.717) is 26.2 Å². The molecule has 0 unspecified atom stereocenters. The maximum absolute atomic E-state index is 14.2. The highest BCUT2D eigenvalue weighted by Crippen LogP contribution is 2.36. The van der Waals surface area contributed by atoms with Gasteiger partial charge >= 0.3 is 6.03 Å². The predicted octanol–water partition coefficient (Wildman–Crippen LogP) is 4.38. The van der Waals surface area contributed by atoms with Crippen LogP contribution in [-0.2, 0) is 22.7 Å². The summed E-state index contributed by atoms with van der Waals surface area (Å²) in [5.74, 6) is -0.250. The van der Waals surface area contributed by atoms with Crippen molar-refractivity contribution >= 4 is 23.5 Å². The minimum absolute atomic E-state index is 0.0400. The fourth-order valence-electron chi connectivity index (χ4n) is 6.51. The first kappa shape index (κ1) is 28.7. The molecule has 1 N–H and O–H groups in total. The topological polar surface area (TPSA) is 79.4 Å². The molecule has 0 aromatic heterocycles. The number of carbonyl (C=O) groups is 3. The van der Waals surface area contributed by atoms with E-state index in [0.717, 1.165) is 36.2 Å². The van der Waals surface area contributed by atoms with Gasteiger partial charge in [0.25, 0.3) is 5.91 Å². The lowest BCUT2D eigenvalue weighted by Crippen LogP contribution is -2.62. The summed E-state index contributed by atoms with van der Waals surface area (Å²) in [6, 6.07) is 26.7. The van der Waals surface area contributed by atoms with E-state index in [9.17, 15) is 14.4 Å². The average Bonchev–Trinajstić information content (AvgIpc) is 3.69. The van der Waals surface area contributed by atoms with Crippen LogP contribution in [0, 0.1) is 0 Å². The van der Waals surface area contributed by atoms with Crippen LogP contribution in [0.1, 0.15) is 48.9 Å².